The lowest BCUT2D eigenvalue weighted by atomic mass is 10.2. The van der Waals surface area contributed by atoms with E-state index in [1.165, 1.54) is 18.2 Å². The molecular weight excluding hydrogens is 273 g/mol. The molecule has 0 saturated heterocycles. The molecule has 0 fully saturated rings. The van der Waals surface area contributed by atoms with Gasteiger partial charge >= 0.3 is 0 Å². The first-order chi connectivity index (χ1) is 10.1. The van der Waals surface area contributed by atoms with Gasteiger partial charge in [0.15, 0.2) is 0 Å². The van der Waals surface area contributed by atoms with E-state index in [2.05, 4.69) is 10.2 Å². The zero-order valence-electron chi connectivity index (χ0n) is 12.7. The number of nitrogen functional groups attached to an aromatic ring is 1. The Morgan fingerprint density at radius 3 is 2.76 bits per heavy atom. The van der Waals surface area contributed by atoms with Gasteiger partial charge in [0.05, 0.1) is 18.0 Å². The number of likely N-dealkylation sites (N-methyl/N-ethyl adjacent to an activating group) is 1. The quantitative estimate of drug-likeness (QED) is 0.541. The number of anilines is 2. The Labute approximate surface area is 125 Å². The second-order valence-electron chi connectivity index (χ2n) is 4.66. The van der Waals surface area contributed by atoms with Crippen LogP contribution in [0.2, 0.25) is 0 Å². The normalized spacial score (nSPS) is 10.9. The van der Waals surface area contributed by atoms with Crippen molar-refractivity contribution in [1.82, 2.24) is 4.90 Å². The minimum atomic E-state index is -0.418. The molecule has 0 spiro atoms. The van der Waals surface area contributed by atoms with E-state index in [-0.39, 0.29) is 11.6 Å². The van der Waals surface area contributed by atoms with Gasteiger partial charge < -0.3 is 20.7 Å². The summed E-state index contributed by atoms with van der Waals surface area (Å²) in [6, 6.07) is 3.93. The van der Waals surface area contributed by atoms with Crippen LogP contribution in [0.4, 0.5) is 15.8 Å². The summed E-state index contributed by atoms with van der Waals surface area (Å²) in [5.41, 5.74) is 6.32. The summed E-state index contributed by atoms with van der Waals surface area (Å²) in [7, 11) is 0. The Hall–Kier alpha value is -1.66. The van der Waals surface area contributed by atoms with Crippen molar-refractivity contribution >= 4 is 17.3 Å². The molecule has 0 aromatic heterocycles. The number of carbonyl (C=O) groups is 1. The van der Waals surface area contributed by atoms with Gasteiger partial charge in [-0.15, -0.1) is 0 Å². The second-order valence-corrected chi connectivity index (χ2v) is 4.66. The van der Waals surface area contributed by atoms with Crippen LogP contribution in [0.25, 0.3) is 0 Å². The van der Waals surface area contributed by atoms with Gasteiger partial charge in [0.25, 0.3) is 0 Å². The van der Waals surface area contributed by atoms with E-state index in [0.717, 1.165) is 13.1 Å². The van der Waals surface area contributed by atoms with Crippen molar-refractivity contribution in [2.75, 3.05) is 43.9 Å². The Bertz CT molecular complexity index is 455. The van der Waals surface area contributed by atoms with E-state index < -0.39 is 5.82 Å². The van der Waals surface area contributed by atoms with Gasteiger partial charge in [-0.3, -0.25) is 4.79 Å². The zero-order chi connectivity index (χ0) is 15.7. The predicted octanol–water partition coefficient (Wildman–Crippen LogP) is 2.09. The van der Waals surface area contributed by atoms with E-state index in [1.54, 1.807) is 0 Å². The molecule has 0 radical (unpaired) electrons. The van der Waals surface area contributed by atoms with Crippen molar-refractivity contribution < 1.29 is 13.9 Å². The first kappa shape index (κ1) is 17.4. The van der Waals surface area contributed by atoms with E-state index in [4.69, 9.17) is 10.5 Å². The molecule has 0 heterocycles. The Morgan fingerprint density at radius 1 is 1.38 bits per heavy atom. The molecule has 118 valence electrons. The van der Waals surface area contributed by atoms with E-state index in [0.29, 0.717) is 31.9 Å². The van der Waals surface area contributed by atoms with Gasteiger partial charge in [0, 0.05) is 26.1 Å². The lowest BCUT2D eigenvalue weighted by molar-refractivity contribution is -0.116. The van der Waals surface area contributed by atoms with Crippen LogP contribution in [0.15, 0.2) is 18.2 Å². The first-order valence-electron chi connectivity index (χ1n) is 7.21. The summed E-state index contributed by atoms with van der Waals surface area (Å²) in [6.07, 6.45) is 0.358. The molecule has 21 heavy (non-hydrogen) atoms. The molecule has 0 bridgehead atoms. The van der Waals surface area contributed by atoms with Crippen molar-refractivity contribution in [3.8, 4) is 0 Å². The molecule has 0 saturated carbocycles. The highest BCUT2D eigenvalue weighted by molar-refractivity contribution is 5.93. The van der Waals surface area contributed by atoms with Crippen molar-refractivity contribution in [2.24, 2.45) is 0 Å². The summed E-state index contributed by atoms with van der Waals surface area (Å²) in [5, 5.41) is 2.70. The van der Waals surface area contributed by atoms with Gasteiger partial charge in [-0.2, -0.15) is 0 Å². The number of nitrogens with one attached hydrogen (secondary N) is 1. The molecule has 6 heteroatoms. The van der Waals surface area contributed by atoms with Crippen LogP contribution in [0, 0.1) is 5.82 Å². The average molecular weight is 297 g/mol. The number of nitrogens with two attached hydrogens (primary N) is 1. The number of rotatable bonds is 9. The van der Waals surface area contributed by atoms with E-state index >= 15 is 0 Å². The SMILES string of the molecule is CCOCCN(CC)CCC(=O)Nc1ccc(F)cc1N. The van der Waals surface area contributed by atoms with Crippen LogP contribution in [0.5, 0.6) is 0 Å². The lowest BCUT2D eigenvalue weighted by Gasteiger charge is -2.19. The van der Waals surface area contributed by atoms with Crippen LogP contribution >= 0.6 is 0 Å². The number of hydrogen-bond acceptors (Lipinski definition) is 4. The van der Waals surface area contributed by atoms with Crippen molar-refractivity contribution in [3.63, 3.8) is 0 Å². The Balaban J connectivity index is 2.38. The smallest absolute Gasteiger partial charge is 0.225 e. The fraction of sp³-hybridized carbons (Fsp3) is 0.533. The van der Waals surface area contributed by atoms with Gasteiger partial charge in [-0.1, -0.05) is 6.92 Å². The summed E-state index contributed by atoms with van der Waals surface area (Å²) in [5.74, 6) is -0.554. The van der Waals surface area contributed by atoms with Gasteiger partial charge in [0.2, 0.25) is 5.91 Å². The van der Waals surface area contributed by atoms with Crippen LogP contribution in [0.3, 0.4) is 0 Å². The number of ether oxygens (including phenoxy) is 1. The highest BCUT2D eigenvalue weighted by Crippen LogP contribution is 2.19. The highest BCUT2D eigenvalue weighted by atomic mass is 19.1. The number of nitrogens with zero attached hydrogens (tertiary/aromatic N) is 1. The highest BCUT2D eigenvalue weighted by Gasteiger charge is 2.09. The first-order valence-corrected chi connectivity index (χ1v) is 7.21. The molecular formula is C15H24FN3O2. The third kappa shape index (κ3) is 6.55. The predicted molar refractivity (Wildman–Crippen MR) is 82.7 cm³/mol. The molecule has 1 amide bonds. The van der Waals surface area contributed by atoms with Crippen molar-refractivity contribution in [1.29, 1.82) is 0 Å². The molecule has 3 N–H and O–H groups in total. The standard InChI is InChI=1S/C15H24FN3O2/c1-3-19(9-10-21-4-2)8-7-15(20)18-14-6-5-12(16)11-13(14)17/h5-6,11H,3-4,7-10,17H2,1-2H3,(H,18,20). The fourth-order valence-corrected chi connectivity index (χ4v) is 1.89. The molecule has 1 aromatic carbocycles. The molecule has 1 aromatic rings. The summed E-state index contributed by atoms with van der Waals surface area (Å²) in [4.78, 5) is 14.0. The lowest BCUT2D eigenvalue weighted by Crippen LogP contribution is -2.31. The van der Waals surface area contributed by atoms with Gasteiger partial charge in [-0.25, -0.2) is 4.39 Å². The molecule has 0 aliphatic carbocycles. The monoisotopic (exact) mass is 297 g/mol. The van der Waals surface area contributed by atoms with Crippen LogP contribution in [0.1, 0.15) is 20.3 Å². The minimum absolute atomic E-state index is 0.136. The fourth-order valence-electron chi connectivity index (χ4n) is 1.89. The van der Waals surface area contributed by atoms with Crippen LogP contribution in [-0.2, 0) is 9.53 Å². The largest absolute Gasteiger partial charge is 0.397 e. The molecule has 5 nitrogen and oxygen atoms in total. The van der Waals surface area contributed by atoms with Crippen LogP contribution < -0.4 is 11.1 Å². The maximum absolute atomic E-state index is 12.9. The van der Waals surface area contributed by atoms with Gasteiger partial charge in [0.1, 0.15) is 5.82 Å². The number of amides is 1. The Morgan fingerprint density at radius 2 is 2.14 bits per heavy atom. The van der Waals surface area contributed by atoms with Gasteiger partial charge in [-0.05, 0) is 31.7 Å². The minimum Gasteiger partial charge on any atom is -0.397 e. The van der Waals surface area contributed by atoms with E-state index in [1.807, 2.05) is 13.8 Å². The third-order valence-electron chi connectivity index (χ3n) is 3.15. The molecule has 0 aliphatic rings. The number of halogens is 1. The maximum Gasteiger partial charge on any atom is 0.225 e. The maximum atomic E-state index is 12.9. The number of benzene rings is 1. The molecule has 0 aliphatic heterocycles. The van der Waals surface area contributed by atoms with Crippen molar-refractivity contribution in [2.45, 2.75) is 20.3 Å². The number of hydrogen-bond donors (Lipinski definition) is 2. The molecule has 0 atom stereocenters. The molecule has 0 unspecified atom stereocenters. The van der Waals surface area contributed by atoms with Crippen molar-refractivity contribution in [3.05, 3.63) is 24.0 Å². The summed E-state index contributed by atoms with van der Waals surface area (Å²) in [6.45, 7) is 7.67. The zero-order valence-corrected chi connectivity index (χ0v) is 12.7. The molecule has 1 rings (SSSR count). The van der Waals surface area contributed by atoms with E-state index in [9.17, 15) is 9.18 Å². The number of carbonyl (C=O) groups excluding carboxylic acids is 1. The summed E-state index contributed by atoms with van der Waals surface area (Å²) >= 11 is 0. The topological polar surface area (TPSA) is 67.6 Å². The second kappa shape index (κ2) is 9.31. The van der Waals surface area contributed by atoms with Crippen LogP contribution in [-0.4, -0.2) is 43.7 Å². The average Bonchev–Trinajstić information content (AvgIpc) is 2.45. The Kier molecular flexibility index (Phi) is 7.71. The third-order valence-corrected chi connectivity index (χ3v) is 3.15. The summed E-state index contributed by atoms with van der Waals surface area (Å²) < 4.78 is 18.2.